The van der Waals surface area contributed by atoms with Crippen molar-refractivity contribution in [2.24, 2.45) is 5.73 Å². The standard InChI is InChI=1S/C12H14N4O2/c1-8(17)14-9-3-2-4-10(5-9)15-12-16-11(6-13)7-18-12/h2-5,7H,6,13H2,1H3,(H,14,17)(H,15,16). The molecule has 1 amide bonds. The van der Waals surface area contributed by atoms with E-state index in [2.05, 4.69) is 15.6 Å². The summed E-state index contributed by atoms with van der Waals surface area (Å²) in [5.74, 6) is -0.117. The van der Waals surface area contributed by atoms with E-state index in [0.717, 1.165) is 5.69 Å². The van der Waals surface area contributed by atoms with Gasteiger partial charge in [-0.05, 0) is 18.2 Å². The number of amides is 1. The van der Waals surface area contributed by atoms with Crippen LogP contribution in [0, 0.1) is 0 Å². The Kier molecular flexibility index (Phi) is 3.59. The number of hydrogen-bond donors (Lipinski definition) is 3. The van der Waals surface area contributed by atoms with E-state index < -0.39 is 0 Å². The lowest BCUT2D eigenvalue weighted by atomic mass is 10.3. The molecule has 94 valence electrons. The number of hydrogen-bond acceptors (Lipinski definition) is 5. The Morgan fingerprint density at radius 2 is 2.22 bits per heavy atom. The van der Waals surface area contributed by atoms with Crippen LogP contribution in [-0.2, 0) is 11.3 Å². The second kappa shape index (κ2) is 5.33. The van der Waals surface area contributed by atoms with Crippen LogP contribution in [0.1, 0.15) is 12.6 Å². The van der Waals surface area contributed by atoms with Gasteiger partial charge in [-0.3, -0.25) is 4.79 Å². The molecule has 0 saturated heterocycles. The molecule has 0 radical (unpaired) electrons. The van der Waals surface area contributed by atoms with E-state index in [1.165, 1.54) is 13.2 Å². The van der Waals surface area contributed by atoms with E-state index in [1.807, 2.05) is 12.1 Å². The summed E-state index contributed by atoms with van der Waals surface area (Å²) in [7, 11) is 0. The van der Waals surface area contributed by atoms with E-state index in [9.17, 15) is 4.79 Å². The molecule has 0 aliphatic carbocycles. The van der Waals surface area contributed by atoms with Gasteiger partial charge in [-0.1, -0.05) is 6.07 Å². The molecule has 0 aliphatic heterocycles. The molecule has 6 heteroatoms. The molecule has 2 aromatic rings. The number of nitrogens with one attached hydrogen (secondary N) is 2. The van der Waals surface area contributed by atoms with Crippen molar-refractivity contribution in [2.75, 3.05) is 10.6 Å². The van der Waals surface area contributed by atoms with Gasteiger partial charge in [0, 0.05) is 24.8 Å². The molecule has 0 spiro atoms. The number of aromatic nitrogens is 1. The van der Waals surface area contributed by atoms with Crippen LogP contribution in [0.5, 0.6) is 0 Å². The molecule has 0 atom stereocenters. The van der Waals surface area contributed by atoms with Crippen LogP contribution in [0.15, 0.2) is 34.9 Å². The number of oxazole rings is 1. The highest BCUT2D eigenvalue weighted by molar-refractivity contribution is 5.89. The van der Waals surface area contributed by atoms with Crippen LogP contribution in [0.2, 0.25) is 0 Å². The quantitative estimate of drug-likeness (QED) is 0.765. The Hall–Kier alpha value is -2.34. The Bertz CT molecular complexity index is 551. The third-order valence-electron chi connectivity index (χ3n) is 2.20. The zero-order valence-electron chi connectivity index (χ0n) is 9.93. The molecule has 0 bridgehead atoms. The molecule has 0 saturated carbocycles. The van der Waals surface area contributed by atoms with Gasteiger partial charge in [0.2, 0.25) is 5.91 Å². The second-order valence-corrected chi connectivity index (χ2v) is 3.74. The van der Waals surface area contributed by atoms with Crippen molar-refractivity contribution in [3.63, 3.8) is 0 Å². The van der Waals surface area contributed by atoms with Gasteiger partial charge < -0.3 is 20.8 Å². The first-order valence-electron chi connectivity index (χ1n) is 5.46. The zero-order valence-corrected chi connectivity index (χ0v) is 9.93. The number of carbonyl (C=O) groups excluding carboxylic acids is 1. The van der Waals surface area contributed by atoms with Gasteiger partial charge >= 0.3 is 0 Å². The van der Waals surface area contributed by atoms with E-state index in [-0.39, 0.29) is 5.91 Å². The Morgan fingerprint density at radius 3 is 2.89 bits per heavy atom. The third-order valence-corrected chi connectivity index (χ3v) is 2.20. The molecule has 6 nitrogen and oxygen atoms in total. The van der Waals surface area contributed by atoms with Crippen LogP contribution in [0.25, 0.3) is 0 Å². The number of anilines is 3. The maximum Gasteiger partial charge on any atom is 0.299 e. The normalized spacial score (nSPS) is 10.1. The summed E-state index contributed by atoms with van der Waals surface area (Å²) in [5, 5.41) is 5.69. The lowest BCUT2D eigenvalue weighted by Crippen LogP contribution is -2.05. The van der Waals surface area contributed by atoms with Crippen molar-refractivity contribution in [3.8, 4) is 0 Å². The maximum absolute atomic E-state index is 10.9. The van der Waals surface area contributed by atoms with Crippen molar-refractivity contribution in [2.45, 2.75) is 13.5 Å². The van der Waals surface area contributed by atoms with Gasteiger partial charge in [0.25, 0.3) is 6.01 Å². The van der Waals surface area contributed by atoms with Crippen molar-refractivity contribution in [3.05, 3.63) is 36.2 Å². The molecule has 1 aromatic carbocycles. The zero-order chi connectivity index (χ0) is 13.0. The fourth-order valence-electron chi connectivity index (χ4n) is 1.46. The molecule has 0 aliphatic rings. The summed E-state index contributed by atoms with van der Waals surface area (Å²) < 4.78 is 5.19. The predicted octanol–water partition coefficient (Wildman–Crippen LogP) is 1.84. The molecule has 2 rings (SSSR count). The summed E-state index contributed by atoms with van der Waals surface area (Å²) in [5.41, 5.74) is 7.59. The molecule has 1 aromatic heterocycles. The molecular formula is C12H14N4O2. The molecule has 18 heavy (non-hydrogen) atoms. The largest absolute Gasteiger partial charge is 0.432 e. The highest BCUT2D eigenvalue weighted by Gasteiger charge is 2.03. The predicted molar refractivity (Wildman–Crippen MR) is 68.4 cm³/mol. The van der Waals surface area contributed by atoms with Crippen LogP contribution in [0.4, 0.5) is 17.4 Å². The van der Waals surface area contributed by atoms with Gasteiger partial charge in [-0.25, -0.2) is 0 Å². The molecule has 0 unspecified atom stereocenters. The SMILES string of the molecule is CC(=O)Nc1cccc(Nc2nc(CN)co2)c1. The highest BCUT2D eigenvalue weighted by atomic mass is 16.4. The fraction of sp³-hybridized carbons (Fsp3) is 0.167. The molecule has 1 heterocycles. The average Bonchev–Trinajstić information content (AvgIpc) is 2.76. The highest BCUT2D eigenvalue weighted by Crippen LogP contribution is 2.19. The third kappa shape index (κ3) is 3.08. The smallest absolute Gasteiger partial charge is 0.299 e. The van der Waals surface area contributed by atoms with Gasteiger partial charge in [-0.15, -0.1) is 0 Å². The van der Waals surface area contributed by atoms with Crippen molar-refractivity contribution in [1.29, 1.82) is 0 Å². The number of benzene rings is 1. The van der Waals surface area contributed by atoms with Crippen molar-refractivity contribution in [1.82, 2.24) is 4.98 Å². The number of nitrogens with two attached hydrogens (primary N) is 1. The Balaban J connectivity index is 2.11. The first-order chi connectivity index (χ1) is 8.67. The minimum Gasteiger partial charge on any atom is -0.432 e. The van der Waals surface area contributed by atoms with Crippen molar-refractivity contribution >= 4 is 23.3 Å². The first-order valence-corrected chi connectivity index (χ1v) is 5.46. The van der Waals surface area contributed by atoms with Gasteiger partial charge in [0.15, 0.2) is 0 Å². The van der Waals surface area contributed by atoms with Crippen LogP contribution >= 0.6 is 0 Å². The average molecular weight is 246 g/mol. The molecular weight excluding hydrogens is 232 g/mol. The van der Waals surface area contributed by atoms with E-state index in [4.69, 9.17) is 10.2 Å². The summed E-state index contributed by atoms with van der Waals surface area (Å²) in [4.78, 5) is 15.1. The van der Waals surface area contributed by atoms with Crippen LogP contribution in [0.3, 0.4) is 0 Å². The second-order valence-electron chi connectivity index (χ2n) is 3.74. The Labute approximate surface area is 104 Å². The summed E-state index contributed by atoms with van der Waals surface area (Å²) in [6, 6.07) is 7.62. The first kappa shape index (κ1) is 12.1. The van der Waals surface area contributed by atoms with Gasteiger partial charge in [0.05, 0.1) is 5.69 Å². The van der Waals surface area contributed by atoms with Gasteiger partial charge in [0.1, 0.15) is 6.26 Å². The summed E-state index contributed by atoms with van der Waals surface area (Å²) in [6.45, 7) is 1.79. The molecule has 4 N–H and O–H groups in total. The fourth-order valence-corrected chi connectivity index (χ4v) is 1.46. The van der Waals surface area contributed by atoms with Crippen molar-refractivity contribution < 1.29 is 9.21 Å². The lowest BCUT2D eigenvalue weighted by molar-refractivity contribution is -0.114. The number of rotatable bonds is 4. The molecule has 0 fully saturated rings. The topological polar surface area (TPSA) is 93.2 Å². The number of nitrogens with zero attached hydrogens (tertiary/aromatic N) is 1. The maximum atomic E-state index is 10.9. The summed E-state index contributed by atoms with van der Waals surface area (Å²) in [6.07, 6.45) is 1.50. The van der Waals surface area contributed by atoms with Crippen LogP contribution < -0.4 is 16.4 Å². The minimum absolute atomic E-state index is 0.117. The van der Waals surface area contributed by atoms with E-state index >= 15 is 0 Å². The number of carbonyl (C=O) groups is 1. The van der Waals surface area contributed by atoms with Crippen LogP contribution in [-0.4, -0.2) is 10.9 Å². The van der Waals surface area contributed by atoms with E-state index in [1.54, 1.807) is 12.1 Å². The van der Waals surface area contributed by atoms with Gasteiger partial charge in [-0.2, -0.15) is 4.98 Å². The summed E-state index contributed by atoms with van der Waals surface area (Å²) >= 11 is 0. The lowest BCUT2D eigenvalue weighted by Gasteiger charge is -2.05. The van der Waals surface area contributed by atoms with E-state index in [0.29, 0.717) is 23.9 Å². The minimum atomic E-state index is -0.117. The Morgan fingerprint density at radius 1 is 1.44 bits per heavy atom. The monoisotopic (exact) mass is 246 g/mol.